The van der Waals surface area contributed by atoms with E-state index in [2.05, 4.69) is 10.0 Å². The largest absolute Gasteiger partial charge is 0.372 e. The van der Waals surface area contributed by atoms with Crippen molar-refractivity contribution in [2.24, 2.45) is 5.92 Å². The topological polar surface area (TPSA) is 101 Å². The summed E-state index contributed by atoms with van der Waals surface area (Å²) in [7, 11) is -3.67. The van der Waals surface area contributed by atoms with Crippen LogP contribution in [0.15, 0.2) is 10.3 Å². The molecule has 21 heavy (non-hydrogen) atoms. The summed E-state index contributed by atoms with van der Waals surface area (Å²) in [4.78, 5) is 10.4. The van der Waals surface area contributed by atoms with Gasteiger partial charge in [0.25, 0.3) is 0 Å². The molecule has 0 atom stereocenters. The van der Waals surface area contributed by atoms with Crippen LogP contribution in [0.1, 0.15) is 32.6 Å². The van der Waals surface area contributed by atoms with Crippen LogP contribution in [0, 0.1) is 16.0 Å². The highest BCUT2D eigenvalue weighted by atomic mass is 32.2. The molecule has 9 heteroatoms. The normalized spacial score (nSPS) is 15.7. The number of sulfonamides is 1. The third-order valence-corrected chi connectivity index (χ3v) is 6.57. The van der Waals surface area contributed by atoms with E-state index in [9.17, 15) is 18.5 Å². The van der Waals surface area contributed by atoms with Crippen LogP contribution < -0.4 is 10.0 Å². The molecule has 1 aliphatic rings. The zero-order valence-corrected chi connectivity index (χ0v) is 13.4. The van der Waals surface area contributed by atoms with E-state index in [0.717, 1.165) is 36.7 Å². The van der Waals surface area contributed by atoms with Crippen molar-refractivity contribution in [3.8, 4) is 0 Å². The molecule has 0 unspecified atom stereocenters. The van der Waals surface area contributed by atoms with Crippen molar-refractivity contribution in [2.45, 2.75) is 36.8 Å². The predicted octanol–water partition coefficient (Wildman–Crippen LogP) is 2.56. The first-order valence-corrected chi connectivity index (χ1v) is 9.25. The minimum absolute atomic E-state index is 0.0150. The Bertz CT molecular complexity index is 608. The lowest BCUT2D eigenvalue weighted by Gasteiger charge is -2.24. The lowest BCUT2D eigenvalue weighted by molar-refractivity contribution is -0.383. The maximum Gasteiger partial charge on any atom is 0.304 e. The molecule has 2 N–H and O–H groups in total. The number of hydrogen-bond donors (Lipinski definition) is 2. The number of rotatable bonds is 8. The third-order valence-electron chi connectivity index (χ3n) is 3.56. The van der Waals surface area contributed by atoms with Crippen LogP contribution >= 0.6 is 11.3 Å². The van der Waals surface area contributed by atoms with Crippen LogP contribution in [0.2, 0.25) is 0 Å². The standard InChI is InChI=1S/C12H19N3O4S2/c1-2-13-12-10(15(16)17)8-11(20-12)21(18,19)14-7-6-9-4-3-5-9/h8-9,13-14H,2-7H2,1H3. The highest BCUT2D eigenvalue weighted by Crippen LogP contribution is 2.37. The van der Waals surface area contributed by atoms with Crippen molar-refractivity contribution in [3.05, 3.63) is 16.2 Å². The van der Waals surface area contributed by atoms with Gasteiger partial charge in [0.15, 0.2) is 5.00 Å². The number of nitrogens with one attached hydrogen (secondary N) is 2. The summed E-state index contributed by atoms with van der Waals surface area (Å²) in [6, 6.07) is 1.12. The Balaban J connectivity index is 2.07. The van der Waals surface area contributed by atoms with Gasteiger partial charge in [0.05, 0.1) is 4.92 Å². The van der Waals surface area contributed by atoms with Gasteiger partial charge in [-0.25, -0.2) is 13.1 Å². The van der Waals surface area contributed by atoms with Crippen LogP contribution in [0.3, 0.4) is 0 Å². The first-order valence-electron chi connectivity index (χ1n) is 6.95. The van der Waals surface area contributed by atoms with Crippen LogP contribution in [0.4, 0.5) is 10.7 Å². The minimum atomic E-state index is -3.67. The Kier molecular flexibility index (Phi) is 5.17. The molecule has 0 amide bonds. The van der Waals surface area contributed by atoms with E-state index in [1.165, 1.54) is 6.42 Å². The van der Waals surface area contributed by atoms with Crippen LogP contribution in [-0.2, 0) is 10.0 Å². The molecule has 0 bridgehead atoms. The highest BCUT2D eigenvalue weighted by Gasteiger charge is 2.26. The predicted molar refractivity (Wildman–Crippen MR) is 82.3 cm³/mol. The van der Waals surface area contributed by atoms with Gasteiger partial charge in [-0.05, 0) is 19.3 Å². The fourth-order valence-electron chi connectivity index (χ4n) is 2.16. The second kappa shape index (κ2) is 6.71. The van der Waals surface area contributed by atoms with Crippen molar-refractivity contribution in [1.29, 1.82) is 0 Å². The molecular formula is C12H19N3O4S2. The summed E-state index contributed by atoms with van der Waals surface area (Å²) in [6.45, 7) is 2.68. The van der Waals surface area contributed by atoms with Gasteiger partial charge < -0.3 is 5.32 Å². The van der Waals surface area contributed by atoms with Gasteiger partial charge in [-0.1, -0.05) is 30.6 Å². The molecule has 1 aromatic rings. The van der Waals surface area contributed by atoms with E-state index in [-0.39, 0.29) is 14.9 Å². The van der Waals surface area contributed by atoms with Gasteiger partial charge in [-0.15, -0.1) is 0 Å². The van der Waals surface area contributed by atoms with Gasteiger partial charge in [-0.3, -0.25) is 10.1 Å². The molecule has 1 heterocycles. The zero-order chi connectivity index (χ0) is 15.5. The molecule has 1 fully saturated rings. The molecule has 1 aliphatic carbocycles. The Hall–Kier alpha value is -1.19. The number of nitro groups is 1. The molecule has 2 rings (SSSR count). The molecule has 1 aromatic heterocycles. The molecule has 0 aromatic carbocycles. The smallest absolute Gasteiger partial charge is 0.304 e. The first-order chi connectivity index (χ1) is 9.94. The molecule has 0 saturated heterocycles. The first kappa shape index (κ1) is 16.2. The molecule has 0 spiro atoms. The molecule has 7 nitrogen and oxygen atoms in total. The molecular weight excluding hydrogens is 314 g/mol. The summed E-state index contributed by atoms with van der Waals surface area (Å²) in [5, 5.41) is 14.1. The van der Waals surface area contributed by atoms with Crippen molar-refractivity contribution in [3.63, 3.8) is 0 Å². The SMILES string of the molecule is CCNc1sc(S(=O)(=O)NCCC2CCC2)cc1[N+](=O)[O-]. The Labute approximate surface area is 127 Å². The Morgan fingerprint density at radius 2 is 2.19 bits per heavy atom. The summed E-state index contributed by atoms with van der Waals surface area (Å²) < 4.78 is 26.8. The van der Waals surface area contributed by atoms with Gasteiger partial charge in [0.1, 0.15) is 4.21 Å². The lowest BCUT2D eigenvalue weighted by atomic mass is 9.83. The van der Waals surface area contributed by atoms with E-state index in [4.69, 9.17) is 0 Å². The van der Waals surface area contributed by atoms with Gasteiger partial charge in [-0.2, -0.15) is 0 Å². The highest BCUT2D eigenvalue weighted by molar-refractivity contribution is 7.91. The van der Waals surface area contributed by atoms with E-state index in [1.807, 2.05) is 0 Å². The van der Waals surface area contributed by atoms with E-state index >= 15 is 0 Å². The molecule has 118 valence electrons. The maximum atomic E-state index is 12.2. The summed E-state index contributed by atoms with van der Waals surface area (Å²) in [6.07, 6.45) is 4.38. The maximum absolute atomic E-state index is 12.2. The van der Waals surface area contributed by atoms with E-state index < -0.39 is 14.9 Å². The monoisotopic (exact) mass is 333 g/mol. The van der Waals surface area contributed by atoms with Crippen molar-refractivity contribution < 1.29 is 13.3 Å². The van der Waals surface area contributed by atoms with Gasteiger partial charge in [0, 0.05) is 19.2 Å². The third kappa shape index (κ3) is 3.92. The zero-order valence-electron chi connectivity index (χ0n) is 11.8. The minimum Gasteiger partial charge on any atom is -0.372 e. The average Bonchev–Trinajstić information content (AvgIpc) is 2.78. The van der Waals surface area contributed by atoms with E-state index in [1.54, 1.807) is 6.92 Å². The van der Waals surface area contributed by atoms with Gasteiger partial charge >= 0.3 is 5.69 Å². The number of thiophene rings is 1. The second-order valence-corrected chi connectivity index (χ2v) is 8.10. The number of nitrogens with zero attached hydrogens (tertiary/aromatic N) is 1. The van der Waals surface area contributed by atoms with E-state index in [0.29, 0.717) is 19.0 Å². The second-order valence-electron chi connectivity index (χ2n) is 5.05. The van der Waals surface area contributed by atoms with Gasteiger partial charge in [0.2, 0.25) is 10.0 Å². The lowest BCUT2D eigenvalue weighted by Crippen LogP contribution is -2.27. The Morgan fingerprint density at radius 3 is 2.71 bits per heavy atom. The molecule has 0 aliphatic heterocycles. The number of anilines is 1. The fourth-order valence-corrected chi connectivity index (χ4v) is 4.65. The quantitative estimate of drug-likeness (QED) is 0.562. The van der Waals surface area contributed by atoms with Crippen LogP contribution in [0.5, 0.6) is 0 Å². The molecule has 1 saturated carbocycles. The molecule has 0 radical (unpaired) electrons. The average molecular weight is 333 g/mol. The van der Waals surface area contributed by atoms with Crippen molar-refractivity contribution >= 4 is 32.0 Å². The van der Waals surface area contributed by atoms with Crippen molar-refractivity contribution in [2.75, 3.05) is 18.4 Å². The fraction of sp³-hybridized carbons (Fsp3) is 0.667. The summed E-state index contributed by atoms with van der Waals surface area (Å²) in [5.41, 5.74) is -0.193. The summed E-state index contributed by atoms with van der Waals surface area (Å²) >= 11 is 0.895. The Morgan fingerprint density at radius 1 is 1.48 bits per heavy atom. The van der Waals surface area contributed by atoms with Crippen LogP contribution in [-0.4, -0.2) is 26.4 Å². The summed E-state index contributed by atoms with van der Waals surface area (Å²) in [5.74, 6) is 0.614. The van der Waals surface area contributed by atoms with Crippen LogP contribution in [0.25, 0.3) is 0 Å². The number of hydrogen-bond acceptors (Lipinski definition) is 6. The van der Waals surface area contributed by atoms with Crippen molar-refractivity contribution in [1.82, 2.24) is 4.72 Å².